The lowest BCUT2D eigenvalue weighted by Crippen LogP contribution is -2.11. The maximum atomic E-state index is 13.4. The maximum Gasteiger partial charge on any atom is 0.201 e. The van der Waals surface area contributed by atoms with Crippen molar-refractivity contribution >= 4 is 17.0 Å². The van der Waals surface area contributed by atoms with Gasteiger partial charge in [-0.3, -0.25) is 0 Å². The zero-order valence-corrected chi connectivity index (χ0v) is 10.8. The van der Waals surface area contributed by atoms with Crippen molar-refractivity contribution in [2.24, 2.45) is 5.41 Å². The van der Waals surface area contributed by atoms with Crippen LogP contribution in [0.1, 0.15) is 39.2 Å². The number of halogens is 1. The molecule has 1 aliphatic rings. The third kappa shape index (κ3) is 1.76. The molecular weight excluding hydrogens is 229 g/mol. The van der Waals surface area contributed by atoms with Crippen LogP contribution in [-0.4, -0.2) is 9.55 Å². The van der Waals surface area contributed by atoms with Crippen LogP contribution in [0.4, 0.5) is 10.3 Å². The highest BCUT2D eigenvalue weighted by atomic mass is 19.1. The van der Waals surface area contributed by atoms with Crippen LogP contribution in [0.25, 0.3) is 11.0 Å². The molecule has 0 radical (unpaired) electrons. The second-order valence-electron chi connectivity index (χ2n) is 6.03. The Kier molecular flexibility index (Phi) is 2.37. The van der Waals surface area contributed by atoms with E-state index in [1.165, 1.54) is 18.6 Å². The van der Waals surface area contributed by atoms with Crippen molar-refractivity contribution in [3.8, 4) is 0 Å². The van der Waals surface area contributed by atoms with E-state index in [0.29, 0.717) is 17.4 Å². The minimum absolute atomic E-state index is 0.235. The van der Waals surface area contributed by atoms with E-state index in [0.717, 1.165) is 23.9 Å². The first kappa shape index (κ1) is 11.5. The first-order valence-corrected chi connectivity index (χ1v) is 6.39. The number of nitrogens with two attached hydrogens (primary N) is 1. The number of nitrogens with zero attached hydrogens (tertiary/aromatic N) is 2. The fraction of sp³-hybridized carbons (Fsp3) is 0.500. The molecular formula is C14H18FN3. The third-order valence-electron chi connectivity index (χ3n) is 3.99. The van der Waals surface area contributed by atoms with Crippen molar-refractivity contribution in [2.75, 3.05) is 5.73 Å². The summed E-state index contributed by atoms with van der Waals surface area (Å²) in [6.45, 7) is 4.53. The van der Waals surface area contributed by atoms with Gasteiger partial charge < -0.3 is 10.3 Å². The average Bonchev–Trinajstić information content (AvgIpc) is 2.77. The van der Waals surface area contributed by atoms with Gasteiger partial charge in [0.15, 0.2) is 0 Å². The monoisotopic (exact) mass is 247 g/mol. The van der Waals surface area contributed by atoms with Gasteiger partial charge in [-0.1, -0.05) is 13.8 Å². The average molecular weight is 247 g/mol. The largest absolute Gasteiger partial charge is 0.369 e. The van der Waals surface area contributed by atoms with Gasteiger partial charge in [0.1, 0.15) is 5.82 Å². The van der Waals surface area contributed by atoms with Gasteiger partial charge in [-0.2, -0.15) is 0 Å². The number of anilines is 1. The van der Waals surface area contributed by atoms with Gasteiger partial charge >= 0.3 is 0 Å². The summed E-state index contributed by atoms with van der Waals surface area (Å²) in [5, 5.41) is 0. The van der Waals surface area contributed by atoms with Crippen LogP contribution in [-0.2, 0) is 0 Å². The van der Waals surface area contributed by atoms with Crippen LogP contribution in [0.3, 0.4) is 0 Å². The highest BCUT2D eigenvalue weighted by Gasteiger charge is 2.33. The number of fused-ring (bicyclic) bond motifs is 1. The first-order valence-electron chi connectivity index (χ1n) is 6.39. The molecule has 18 heavy (non-hydrogen) atoms. The summed E-state index contributed by atoms with van der Waals surface area (Å²) < 4.78 is 15.4. The van der Waals surface area contributed by atoms with Crippen molar-refractivity contribution in [1.82, 2.24) is 9.55 Å². The molecule has 1 saturated carbocycles. The molecule has 1 atom stereocenters. The van der Waals surface area contributed by atoms with E-state index in [9.17, 15) is 4.39 Å². The van der Waals surface area contributed by atoms with Crippen LogP contribution in [0.5, 0.6) is 0 Å². The molecule has 0 bridgehead atoms. The molecule has 2 aromatic rings. The lowest BCUT2D eigenvalue weighted by molar-refractivity contribution is 0.361. The lowest BCUT2D eigenvalue weighted by atomic mass is 9.92. The molecule has 0 aliphatic heterocycles. The Bertz CT molecular complexity index is 600. The summed E-state index contributed by atoms with van der Waals surface area (Å²) in [6.07, 6.45) is 3.32. The Morgan fingerprint density at radius 2 is 2.22 bits per heavy atom. The van der Waals surface area contributed by atoms with Crippen molar-refractivity contribution in [2.45, 2.75) is 39.2 Å². The van der Waals surface area contributed by atoms with Gasteiger partial charge in [0.2, 0.25) is 5.95 Å². The second-order valence-corrected chi connectivity index (χ2v) is 6.03. The predicted molar refractivity (Wildman–Crippen MR) is 70.8 cm³/mol. The molecule has 1 unspecified atom stereocenters. The zero-order chi connectivity index (χ0) is 12.9. The number of aromatic nitrogens is 2. The summed E-state index contributed by atoms with van der Waals surface area (Å²) in [6, 6.07) is 4.99. The molecule has 96 valence electrons. The predicted octanol–water partition coefficient (Wildman–Crippen LogP) is 3.51. The molecule has 1 aliphatic carbocycles. The fourth-order valence-corrected chi connectivity index (χ4v) is 3.09. The highest BCUT2D eigenvalue weighted by Crippen LogP contribution is 2.45. The number of rotatable bonds is 1. The van der Waals surface area contributed by atoms with Gasteiger partial charge in [0.25, 0.3) is 0 Å². The quantitative estimate of drug-likeness (QED) is 0.838. The van der Waals surface area contributed by atoms with Gasteiger partial charge in [-0.25, -0.2) is 9.37 Å². The molecule has 1 aromatic carbocycles. The number of hydrogen-bond donors (Lipinski definition) is 1. The topological polar surface area (TPSA) is 43.8 Å². The first-order chi connectivity index (χ1) is 8.46. The lowest BCUT2D eigenvalue weighted by Gasteiger charge is -2.19. The molecule has 2 N–H and O–H groups in total. The zero-order valence-electron chi connectivity index (χ0n) is 10.8. The number of nitrogen functional groups attached to an aromatic ring is 1. The summed E-state index contributed by atoms with van der Waals surface area (Å²) >= 11 is 0. The Morgan fingerprint density at radius 3 is 2.89 bits per heavy atom. The molecule has 3 rings (SSSR count). The van der Waals surface area contributed by atoms with Crippen LogP contribution in [0, 0.1) is 11.2 Å². The minimum atomic E-state index is -0.235. The highest BCUT2D eigenvalue weighted by molar-refractivity contribution is 5.78. The minimum Gasteiger partial charge on any atom is -0.369 e. The maximum absolute atomic E-state index is 13.4. The normalized spacial score (nSPS) is 22.7. The van der Waals surface area contributed by atoms with E-state index in [1.807, 2.05) is 4.57 Å². The van der Waals surface area contributed by atoms with Crippen LogP contribution < -0.4 is 5.73 Å². The Morgan fingerprint density at radius 1 is 1.44 bits per heavy atom. The summed E-state index contributed by atoms with van der Waals surface area (Å²) in [4.78, 5) is 4.32. The Hall–Kier alpha value is -1.58. The van der Waals surface area contributed by atoms with Crippen molar-refractivity contribution in [1.29, 1.82) is 0 Å². The molecule has 0 saturated heterocycles. The van der Waals surface area contributed by atoms with E-state index in [1.54, 1.807) is 6.07 Å². The van der Waals surface area contributed by atoms with Crippen LogP contribution in [0.15, 0.2) is 18.2 Å². The van der Waals surface area contributed by atoms with Gasteiger partial charge in [0.05, 0.1) is 11.0 Å². The Labute approximate surface area is 106 Å². The molecule has 1 fully saturated rings. The third-order valence-corrected chi connectivity index (χ3v) is 3.99. The smallest absolute Gasteiger partial charge is 0.201 e. The van der Waals surface area contributed by atoms with Crippen molar-refractivity contribution in [3.63, 3.8) is 0 Å². The molecule has 1 heterocycles. The molecule has 3 nitrogen and oxygen atoms in total. The molecule has 1 aromatic heterocycles. The van der Waals surface area contributed by atoms with Crippen molar-refractivity contribution < 1.29 is 4.39 Å². The number of imidazole rings is 1. The van der Waals surface area contributed by atoms with E-state index in [2.05, 4.69) is 18.8 Å². The molecule has 0 amide bonds. The molecule has 0 spiro atoms. The van der Waals surface area contributed by atoms with Gasteiger partial charge in [-0.15, -0.1) is 0 Å². The summed E-state index contributed by atoms with van der Waals surface area (Å²) in [7, 11) is 0. The fourth-order valence-electron chi connectivity index (χ4n) is 3.09. The number of hydrogen-bond acceptors (Lipinski definition) is 2. The second kappa shape index (κ2) is 3.70. The van der Waals surface area contributed by atoms with Gasteiger partial charge in [-0.05, 0) is 42.9 Å². The summed E-state index contributed by atoms with van der Waals surface area (Å²) in [5.41, 5.74) is 7.93. The van der Waals surface area contributed by atoms with E-state index in [-0.39, 0.29) is 5.82 Å². The Balaban J connectivity index is 2.11. The van der Waals surface area contributed by atoms with E-state index in [4.69, 9.17) is 5.73 Å². The van der Waals surface area contributed by atoms with Gasteiger partial charge in [0, 0.05) is 6.04 Å². The van der Waals surface area contributed by atoms with Crippen LogP contribution in [0.2, 0.25) is 0 Å². The van der Waals surface area contributed by atoms with E-state index >= 15 is 0 Å². The van der Waals surface area contributed by atoms with Crippen molar-refractivity contribution in [3.05, 3.63) is 24.0 Å². The SMILES string of the molecule is CC1(C)CCC(n2c(N)nc3ccc(F)cc32)C1. The summed E-state index contributed by atoms with van der Waals surface area (Å²) in [5.74, 6) is 0.263. The standard InChI is InChI=1S/C14H18FN3/c1-14(2)6-5-10(8-14)18-12-7-9(15)3-4-11(12)17-13(18)16/h3-4,7,10H,5-6,8H2,1-2H3,(H2,16,17). The van der Waals surface area contributed by atoms with Crippen LogP contribution >= 0.6 is 0 Å². The van der Waals surface area contributed by atoms with E-state index < -0.39 is 0 Å². The number of benzene rings is 1. The molecule has 4 heteroatoms.